The number of alkyl halides is 4. The van der Waals surface area contributed by atoms with Crippen molar-refractivity contribution in [3.8, 4) is 33.7 Å². The second-order valence-electron chi connectivity index (χ2n) is 17.7. The van der Waals surface area contributed by atoms with Gasteiger partial charge in [-0.3, -0.25) is 19.4 Å². The first-order chi connectivity index (χ1) is 35.5. The third-order valence-electron chi connectivity index (χ3n) is 12.7. The summed E-state index contributed by atoms with van der Waals surface area (Å²) in [4.78, 5) is 57.9. The van der Waals surface area contributed by atoms with Gasteiger partial charge in [0.25, 0.3) is 11.8 Å². The number of carbonyl (C=O) groups excluding carboxylic acids is 4. The van der Waals surface area contributed by atoms with E-state index in [1.54, 1.807) is 46.2 Å². The van der Waals surface area contributed by atoms with E-state index < -0.39 is 37.0 Å². The van der Waals surface area contributed by atoms with Gasteiger partial charge >= 0.3 is 24.9 Å². The Morgan fingerprint density at radius 1 is 0.521 bits per heavy atom. The zero-order chi connectivity index (χ0) is 51.1. The summed E-state index contributed by atoms with van der Waals surface area (Å²) in [6.07, 6.45) is 0.223. The number of Topliss-reactive ketones (excluding diaryl/α,β-unsaturated/α-hetero) is 1. The average Bonchev–Trinajstić information content (AvgIpc) is 3.96. The molecule has 73 heavy (non-hydrogen) atoms. The molecular formula is C57H55F4N7O5. The van der Waals surface area contributed by atoms with E-state index in [-0.39, 0.29) is 18.0 Å². The van der Waals surface area contributed by atoms with Crippen LogP contribution in [0.5, 0.6) is 0 Å². The maximum absolute atomic E-state index is 13.7. The lowest BCUT2D eigenvalue weighted by Gasteiger charge is -2.33. The molecule has 7 aromatic rings. The first kappa shape index (κ1) is 51.2. The van der Waals surface area contributed by atoms with Crippen LogP contribution in [-0.4, -0.2) is 82.9 Å². The predicted molar refractivity (Wildman–Crippen MR) is 272 cm³/mol. The molecule has 2 aliphatic rings. The fourth-order valence-corrected chi connectivity index (χ4v) is 8.72. The summed E-state index contributed by atoms with van der Waals surface area (Å²) in [6, 6.07) is 49.6. The molecule has 6 aromatic carbocycles. The number of piperidine rings is 2. The smallest absolute Gasteiger partial charge is 0.324 e. The van der Waals surface area contributed by atoms with Crippen LogP contribution in [0.15, 0.2) is 162 Å². The summed E-state index contributed by atoms with van der Waals surface area (Å²) in [6.45, 7) is 3.07. The van der Waals surface area contributed by atoms with Crippen molar-refractivity contribution in [3.63, 3.8) is 0 Å². The van der Waals surface area contributed by atoms with E-state index in [4.69, 9.17) is 4.42 Å². The zero-order valence-corrected chi connectivity index (χ0v) is 40.1. The summed E-state index contributed by atoms with van der Waals surface area (Å²) in [5.74, 6) is -2.62. The lowest BCUT2D eigenvalue weighted by molar-refractivity contribution is -0.131. The fourth-order valence-electron chi connectivity index (χ4n) is 8.72. The molecule has 0 aliphatic carbocycles. The summed E-state index contributed by atoms with van der Waals surface area (Å²) in [7, 11) is 0. The second kappa shape index (κ2) is 24.8. The number of aromatic nitrogens is 2. The van der Waals surface area contributed by atoms with E-state index >= 15 is 0 Å². The molecule has 5 amide bonds. The molecule has 2 saturated heterocycles. The van der Waals surface area contributed by atoms with Gasteiger partial charge in [-0.15, -0.1) is 10.2 Å². The van der Waals surface area contributed by atoms with Gasteiger partial charge in [-0.2, -0.15) is 17.6 Å². The van der Waals surface area contributed by atoms with E-state index in [0.29, 0.717) is 37.3 Å². The van der Waals surface area contributed by atoms with Crippen molar-refractivity contribution in [2.75, 3.05) is 42.5 Å². The number of ketones is 1. The van der Waals surface area contributed by atoms with Crippen LogP contribution in [0.3, 0.4) is 0 Å². The molecule has 2 aliphatic heterocycles. The van der Waals surface area contributed by atoms with Crippen molar-refractivity contribution in [3.05, 3.63) is 180 Å². The molecule has 376 valence electrons. The van der Waals surface area contributed by atoms with Crippen LogP contribution in [0, 0.1) is 0 Å². The minimum absolute atomic E-state index is 0.0255. The highest BCUT2D eigenvalue weighted by molar-refractivity contribution is 5.99. The van der Waals surface area contributed by atoms with Crippen molar-refractivity contribution in [2.45, 2.75) is 64.5 Å². The van der Waals surface area contributed by atoms with Gasteiger partial charge in [0.15, 0.2) is 5.78 Å². The van der Waals surface area contributed by atoms with Crippen LogP contribution in [-0.2, 0) is 17.9 Å². The maximum Gasteiger partial charge on any atom is 0.324 e. The highest BCUT2D eigenvalue weighted by atomic mass is 19.3. The summed E-state index contributed by atoms with van der Waals surface area (Å²) >= 11 is 0. The van der Waals surface area contributed by atoms with Gasteiger partial charge < -0.3 is 19.5 Å². The van der Waals surface area contributed by atoms with Gasteiger partial charge in [-0.05, 0) is 108 Å². The summed E-state index contributed by atoms with van der Waals surface area (Å²) < 4.78 is 55.4. The zero-order valence-electron chi connectivity index (χ0n) is 40.1. The molecule has 0 atom stereocenters. The molecule has 0 spiro atoms. The Morgan fingerprint density at radius 3 is 1.41 bits per heavy atom. The van der Waals surface area contributed by atoms with Crippen LogP contribution in [0.1, 0.15) is 72.3 Å². The van der Waals surface area contributed by atoms with E-state index in [1.807, 2.05) is 136 Å². The normalized spacial score (nSPS) is 13.5. The van der Waals surface area contributed by atoms with E-state index in [2.05, 4.69) is 10.2 Å². The number of halogens is 4. The Bertz CT molecular complexity index is 2930. The van der Waals surface area contributed by atoms with Crippen molar-refractivity contribution >= 4 is 35.1 Å². The standard InChI is InChI=1S/C29H29F2N3O3.C28H26F2N4O2/c30-27(31)28(36)32-19-26(35)23-14-12-21(13-15-23)20-34(29(37)33-16-5-2-6-17-33)25-11-7-10-24(18-25)22-8-3-1-4-9-22;29-25(30)27-32-31-26(36-27)22-14-12-20(13-15-22)19-34(28(35)33-16-5-2-6-17-33)24-11-7-10-23(18-24)21-8-3-1-4-9-21/h1,3-4,7-15,18,27H,2,5-6,16-17,19-20H2,(H,32,36);1,3-4,7-15,18,25H,2,5-6,16-17,19H2. The number of hydrogen-bond acceptors (Lipinski definition) is 7. The van der Waals surface area contributed by atoms with E-state index in [9.17, 15) is 36.7 Å². The van der Waals surface area contributed by atoms with Gasteiger partial charge in [-0.25, -0.2) is 9.59 Å². The number of rotatable bonds is 14. The number of anilines is 2. The molecule has 12 nitrogen and oxygen atoms in total. The number of benzene rings is 6. The first-order valence-electron chi connectivity index (χ1n) is 24.3. The molecule has 3 heterocycles. The summed E-state index contributed by atoms with van der Waals surface area (Å²) in [5, 5.41) is 9.01. The molecule has 0 saturated carbocycles. The van der Waals surface area contributed by atoms with Gasteiger partial charge in [0.1, 0.15) is 0 Å². The van der Waals surface area contributed by atoms with Gasteiger partial charge in [0.2, 0.25) is 5.89 Å². The number of amides is 5. The topological polar surface area (TPSA) is 132 Å². The SMILES string of the molecule is O=C(CNC(=O)C(F)F)c1ccc(CN(C(=O)N2CCCCC2)c2cccc(-c3ccccc3)c2)cc1.O=C(N1CCCCC1)N(Cc1ccc(-c2nnc(C(F)F)o2)cc1)c1cccc(-c2ccccc2)c1. The number of urea groups is 2. The van der Waals surface area contributed by atoms with Crippen molar-refractivity contribution in [1.82, 2.24) is 25.3 Å². The van der Waals surface area contributed by atoms with Crippen molar-refractivity contribution in [2.24, 2.45) is 0 Å². The number of carbonyl (C=O) groups is 4. The molecule has 9 rings (SSSR count). The minimum Gasteiger partial charge on any atom is -0.415 e. The third kappa shape index (κ3) is 13.6. The lowest BCUT2D eigenvalue weighted by Crippen LogP contribution is -2.45. The quantitative estimate of drug-likeness (QED) is 0.0847. The Balaban J connectivity index is 0.000000195. The van der Waals surface area contributed by atoms with Crippen molar-refractivity contribution < 1.29 is 41.2 Å². The molecule has 1 N–H and O–H groups in total. The average molecular weight is 994 g/mol. The largest absolute Gasteiger partial charge is 0.415 e. The van der Waals surface area contributed by atoms with Crippen molar-refractivity contribution in [1.29, 1.82) is 0 Å². The Labute approximate surface area is 421 Å². The molecule has 1 aromatic heterocycles. The highest BCUT2D eigenvalue weighted by Gasteiger charge is 2.27. The number of likely N-dealkylation sites (tertiary alicyclic amines) is 2. The van der Waals surface area contributed by atoms with Gasteiger partial charge in [-0.1, -0.05) is 121 Å². The predicted octanol–water partition coefficient (Wildman–Crippen LogP) is 12.5. The molecule has 0 radical (unpaired) electrons. The Morgan fingerprint density at radius 2 is 0.973 bits per heavy atom. The second-order valence-corrected chi connectivity index (χ2v) is 17.7. The first-order valence-corrected chi connectivity index (χ1v) is 24.3. The van der Waals surface area contributed by atoms with Crippen LogP contribution in [0.2, 0.25) is 0 Å². The monoisotopic (exact) mass is 993 g/mol. The van der Waals surface area contributed by atoms with Gasteiger partial charge in [0, 0.05) is 48.7 Å². The maximum atomic E-state index is 13.7. The lowest BCUT2D eigenvalue weighted by atomic mass is 10.0. The van der Waals surface area contributed by atoms with Gasteiger partial charge in [0.05, 0.1) is 19.6 Å². The Hall–Kier alpha value is -8.14. The van der Waals surface area contributed by atoms with E-state index in [1.165, 1.54) is 0 Å². The van der Waals surface area contributed by atoms with Crippen LogP contribution < -0.4 is 15.1 Å². The molecule has 0 unspecified atom stereocenters. The molecule has 0 bridgehead atoms. The van der Waals surface area contributed by atoms with Crippen LogP contribution >= 0.6 is 0 Å². The summed E-state index contributed by atoms with van der Waals surface area (Å²) in [5.41, 5.74) is 8.28. The van der Waals surface area contributed by atoms with Crippen LogP contribution in [0.25, 0.3) is 33.7 Å². The Kier molecular flexibility index (Phi) is 17.4. The molecule has 2 fully saturated rings. The minimum atomic E-state index is -3.17. The van der Waals surface area contributed by atoms with Crippen LogP contribution in [0.4, 0.5) is 38.5 Å². The molecular weight excluding hydrogens is 939 g/mol. The molecule has 16 heteroatoms. The number of hydrogen-bond donors (Lipinski definition) is 1. The highest BCUT2D eigenvalue weighted by Crippen LogP contribution is 2.31. The number of nitrogens with zero attached hydrogens (tertiary/aromatic N) is 6. The van der Waals surface area contributed by atoms with E-state index in [0.717, 1.165) is 96.4 Å². The third-order valence-corrected chi connectivity index (χ3v) is 12.7. The fraction of sp³-hybridized carbons (Fsp3) is 0.263. The number of nitrogens with one attached hydrogen (secondary N) is 1.